The fraction of sp³-hybridized carbons (Fsp3) is 0.500. The Labute approximate surface area is 241 Å². The van der Waals surface area contributed by atoms with E-state index in [0.717, 1.165) is 42.8 Å². The Morgan fingerprint density at radius 1 is 0.974 bits per heavy atom. The van der Waals surface area contributed by atoms with Crippen molar-refractivity contribution < 1.29 is 0 Å². The van der Waals surface area contributed by atoms with Crippen molar-refractivity contribution in [2.24, 2.45) is 16.7 Å². The molecule has 0 amide bonds. The minimum atomic E-state index is -0.425. The Kier molecular flexibility index (Phi) is 8.52. The molecule has 0 aliphatic heterocycles. The molecular formula is C30H38Cl3N5. The third-order valence-electron chi connectivity index (χ3n) is 7.76. The maximum absolute atomic E-state index is 6.48. The summed E-state index contributed by atoms with van der Waals surface area (Å²) in [6.45, 7) is 13.6. The summed E-state index contributed by atoms with van der Waals surface area (Å²) in [6, 6.07) is 13.3. The van der Waals surface area contributed by atoms with Crippen molar-refractivity contribution in [1.29, 1.82) is 0 Å². The van der Waals surface area contributed by atoms with Crippen molar-refractivity contribution in [3.05, 3.63) is 75.0 Å². The Morgan fingerprint density at radius 2 is 1.66 bits per heavy atom. The van der Waals surface area contributed by atoms with Crippen LogP contribution in [0.5, 0.6) is 0 Å². The van der Waals surface area contributed by atoms with Gasteiger partial charge in [-0.05, 0) is 88.8 Å². The smallest absolute Gasteiger partial charge is 0.177 e. The highest BCUT2D eigenvalue weighted by atomic mass is 35.5. The molecule has 38 heavy (non-hydrogen) atoms. The van der Waals surface area contributed by atoms with Crippen LogP contribution in [0.1, 0.15) is 84.7 Å². The van der Waals surface area contributed by atoms with Crippen LogP contribution in [0.4, 0.5) is 5.69 Å². The zero-order valence-electron chi connectivity index (χ0n) is 23.1. The second-order valence-corrected chi connectivity index (χ2v) is 13.9. The van der Waals surface area contributed by atoms with Crippen LogP contribution in [0.2, 0.25) is 15.1 Å². The van der Waals surface area contributed by atoms with E-state index in [1.54, 1.807) is 6.07 Å². The van der Waals surface area contributed by atoms with Crippen LogP contribution in [0.3, 0.4) is 0 Å². The SMILES string of the molecule is CC(C)(C)C1CCC(Nc2cccc(Cl)c2)(c2nnnn2C(/C=C/c2ccc(Cl)cc2Cl)C(C)(C)C)CC1. The molecule has 0 bridgehead atoms. The number of allylic oxidation sites excluding steroid dienone is 1. The number of halogens is 3. The first-order valence-electron chi connectivity index (χ1n) is 13.2. The van der Waals surface area contributed by atoms with Crippen molar-refractivity contribution in [2.45, 2.75) is 78.8 Å². The van der Waals surface area contributed by atoms with E-state index < -0.39 is 5.54 Å². The van der Waals surface area contributed by atoms with Gasteiger partial charge in [-0.2, -0.15) is 0 Å². The Bertz CT molecular complexity index is 1280. The van der Waals surface area contributed by atoms with Gasteiger partial charge in [0.25, 0.3) is 0 Å². The van der Waals surface area contributed by atoms with Crippen LogP contribution < -0.4 is 5.32 Å². The van der Waals surface area contributed by atoms with E-state index in [4.69, 9.17) is 34.8 Å². The quantitative estimate of drug-likeness (QED) is 0.318. The van der Waals surface area contributed by atoms with Gasteiger partial charge in [0.05, 0.1) is 11.6 Å². The monoisotopic (exact) mass is 573 g/mol. The van der Waals surface area contributed by atoms with Crippen LogP contribution in [0.25, 0.3) is 6.08 Å². The average Bonchev–Trinajstić information content (AvgIpc) is 3.29. The maximum Gasteiger partial charge on any atom is 0.177 e. The third-order valence-corrected chi connectivity index (χ3v) is 8.56. The van der Waals surface area contributed by atoms with E-state index in [1.807, 2.05) is 41.1 Å². The molecule has 1 aromatic heterocycles. The predicted octanol–water partition coefficient (Wildman–Crippen LogP) is 9.48. The highest BCUT2D eigenvalue weighted by Gasteiger charge is 2.45. The van der Waals surface area contributed by atoms with Gasteiger partial charge in [-0.25, -0.2) is 4.68 Å². The fourth-order valence-electron chi connectivity index (χ4n) is 5.49. The summed E-state index contributed by atoms with van der Waals surface area (Å²) >= 11 is 19.0. The third kappa shape index (κ3) is 6.55. The molecule has 1 atom stereocenters. The summed E-state index contributed by atoms with van der Waals surface area (Å²) in [5.74, 6) is 1.48. The number of tetrazole rings is 1. The summed E-state index contributed by atoms with van der Waals surface area (Å²) < 4.78 is 2.00. The zero-order valence-corrected chi connectivity index (χ0v) is 25.4. The predicted molar refractivity (Wildman–Crippen MR) is 160 cm³/mol. The van der Waals surface area contributed by atoms with Gasteiger partial charge >= 0.3 is 0 Å². The summed E-state index contributed by atoms with van der Waals surface area (Å²) in [5, 5.41) is 19.2. The van der Waals surface area contributed by atoms with E-state index in [1.165, 1.54) is 0 Å². The fourth-order valence-corrected chi connectivity index (χ4v) is 6.15. The standard InChI is InChI=1S/C30H38Cl3N5/c1-28(2,3)21-14-16-30(17-15-21,34-24-9-7-8-22(31)18-24)27-35-36-37-38(27)26(29(4,5)6)13-11-20-10-12-23(32)19-25(20)33/h7-13,18-19,21,26,34H,14-17H2,1-6H3/b13-11+. The Hall–Kier alpha value is -2.08. The molecule has 0 radical (unpaired) electrons. The second-order valence-electron chi connectivity index (χ2n) is 12.6. The molecule has 3 aromatic rings. The molecule has 1 aliphatic rings. The summed E-state index contributed by atoms with van der Waals surface area (Å²) in [6.07, 6.45) is 8.19. The molecule has 0 saturated heterocycles. The Balaban J connectivity index is 1.76. The maximum atomic E-state index is 6.48. The largest absolute Gasteiger partial charge is 0.373 e. The van der Waals surface area contributed by atoms with E-state index in [9.17, 15) is 0 Å². The number of nitrogens with one attached hydrogen (secondary N) is 1. The number of rotatable bonds is 6. The van der Waals surface area contributed by atoms with Gasteiger partial charge < -0.3 is 5.32 Å². The number of aromatic nitrogens is 4. The van der Waals surface area contributed by atoms with Crippen molar-refractivity contribution in [2.75, 3.05) is 5.32 Å². The van der Waals surface area contributed by atoms with E-state index in [0.29, 0.717) is 21.0 Å². The first kappa shape index (κ1) is 28.9. The van der Waals surface area contributed by atoms with Gasteiger partial charge in [0.2, 0.25) is 0 Å². The second kappa shape index (κ2) is 11.2. The molecule has 1 N–H and O–H groups in total. The lowest BCUT2D eigenvalue weighted by Gasteiger charge is -2.45. The number of nitrogens with zero attached hydrogens (tertiary/aromatic N) is 4. The van der Waals surface area contributed by atoms with Gasteiger partial charge in [0, 0.05) is 20.8 Å². The number of hydrogen-bond donors (Lipinski definition) is 1. The topological polar surface area (TPSA) is 55.6 Å². The summed E-state index contributed by atoms with van der Waals surface area (Å²) in [5.41, 5.74) is 1.53. The normalized spacial score (nSPS) is 21.6. The summed E-state index contributed by atoms with van der Waals surface area (Å²) in [7, 11) is 0. The van der Waals surface area contributed by atoms with Crippen LogP contribution in [-0.2, 0) is 5.54 Å². The van der Waals surface area contributed by atoms with Crippen molar-refractivity contribution in [3.63, 3.8) is 0 Å². The molecule has 8 heteroatoms. The molecule has 4 rings (SSSR count). The number of benzene rings is 2. The Morgan fingerprint density at radius 3 is 2.26 bits per heavy atom. The lowest BCUT2D eigenvalue weighted by atomic mass is 9.67. The highest BCUT2D eigenvalue weighted by Crippen LogP contribution is 2.47. The molecule has 1 unspecified atom stereocenters. The molecule has 1 heterocycles. The van der Waals surface area contributed by atoms with Crippen LogP contribution in [-0.4, -0.2) is 20.2 Å². The zero-order chi connectivity index (χ0) is 27.7. The first-order valence-corrected chi connectivity index (χ1v) is 14.4. The minimum Gasteiger partial charge on any atom is -0.373 e. The highest BCUT2D eigenvalue weighted by molar-refractivity contribution is 6.35. The molecule has 1 saturated carbocycles. The van der Waals surface area contributed by atoms with E-state index >= 15 is 0 Å². The average molecular weight is 575 g/mol. The van der Waals surface area contributed by atoms with Gasteiger partial charge in [-0.3, -0.25) is 0 Å². The molecular weight excluding hydrogens is 537 g/mol. The number of anilines is 1. The van der Waals surface area contributed by atoms with E-state index in [-0.39, 0.29) is 16.9 Å². The van der Waals surface area contributed by atoms with Gasteiger partial charge in [-0.1, -0.05) is 101 Å². The molecule has 5 nitrogen and oxygen atoms in total. The number of hydrogen-bond acceptors (Lipinski definition) is 4. The molecule has 1 aliphatic carbocycles. The first-order chi connectivity index (χ1) is 17.8. The van der Waals surface area contributed by atoms with Crippen molar-refractivity contribution >= 4 is 46.6 Å². The lowest BCUT2D eigenvalue weighted by molar-refractivity contribution is 0.133. The van der Waals surface area contributed by atoms with E-state index in [2.05, 4.69) is 74.5 Å². The lowest BCUT2D eigenvalue weighted by Crippen LogP contribution is -2.44. The van der Waals surface area contributed by atoms with Crippen LogP contribution in [0.15, 0.2) is 48.5 Å². The molecule has 0 spiro atoms. The van der Waals surface area contributed by atoms with Gasteiger partial charge in [0.1, 0.15) is 0 Å². The van der Waals surface area contributed by atoms with Gasteiger partial charge in [-0.15, -0.1) is 5.10 Å². The molecule has 2 aromatic carbocycles. The molecule has 204 valence electrons. The molecule has 1 fully saturated rings. The van der Waals surface area contributed by atoms with Crippen molar-refractivity contribution in [1.82, 2.24) is 20.2 Å². The van der Waals surface area contributed by atoms with Crippen LogP contribution in [0, 0.1) is 16.7 Å². The summed E-state index contributed by atoms with van der Waals surface area (Å²) in [4.78, 5) is 0. The van der Waals surface area contributed by atoms with Gasteiger partial charge in [0.15, 0.2) is 5.82 Å². The van der Waals surface area contributed by atoms with Crippen molar-refractivity contribution in [3.8, 4) is 0 Å². The van der Waals surface area contributed by atoms with Crippen LogP contribution >= 0.6 is 34.8 Å². The minimum absolute atomic E-state index is 0.113.